The molecule has 1 N–H and O–H groups in total. The Morgan fingerprint density at radius 1 is 1.77 bits per heavy atom. The Morgan fingerprint density at radius 3 is 3.08 bits per heavy atom. The van der Waals surface area contributed by atoms with Gasteiger partial charge in [0.25, 0.3) is 0 Å². The van der Waals surface area contributed by atoms with Crippen LogP contribution in [0, 0.1) is 0 Å². The number of rotatable bonds is 4. The number of carbonyl (C=O) groups excluding carboxylic acids is 1. The van der Waals surface area contributed by atoms with Crippen molar-refractivity contribution in [2.24, 2.45) is 7.05 Å². The second-order valence-electron chi connectivity index (χ2n) is 2.59. The van der Waals surface area contributed by atoms with Crippen LogP contribution in [0.3, 0.4) is 0 Å². The van der Waals surface area contributed by atoms with Crippen molar-refractivity contribution in [3.05, 3.63) is 12.4 Å². The Balaban J connectivity index is 2.36. The van der Waals surface area contributed by atoms with Gasteiger partial charge in [-0.1, -0.05) is 0 Å². The van der Waals surface area contributed by atoms with Crippen LogP contribution in [0.25, 0.3) is 0 Å². The molecular formula is C8H13N3O2. The molecule has 5 heteroatoms. The van der Waals surface area contributed by atoms with Gasteiger partial charge in [-0.2, -0.15) is 5.10 Å². The smallest absolute Gasteiger partial charge is 0.250 e. The Labute approximate surface area is 76.7 Å². The topological polar surface area (TPSA) is 56.1 Å². The molecule has 1 aromatic heterocycles. The average molecular weight is 183 g/mol. The van der Waals surface area contributed by atoms with E-state index in [9.17, 15) is 4.79 Å². The molecule has 0 aliphatic rings. The fourth-order valence-electron chi connectivity index (χ4n) is 0.878. The minimum atomic E-state index is -0.158. The third kappa shape index (κ3) is 3.25. The number of hydrogen-bond donors (Lipinski definition) is 1. The van der Waals surface area contributed by atoms with Gasteiger partial charge in [0.1, 0.15) is 6.61 Å². The first kappa shape index (κ1) is 9.73. The lowest BCUT2D eigenvalue weighted by atomic mass is 10.5. The normalized spacial score (nSPS) is 10.0. The third-order valence-corrected chi connectivity index (χ3v) is 1.43. The van der Waals surface area contributed by atoms with E-state index >= 15 is 0 Å². The summed E-state index contributed by atoms with van der Waals surface area (Å²) in [5.41, 5.74) is 0.687. The lowest BCUT2D eigenvalue weighted by molar-refractivity contribution is -0.120. The zero-order valence-corrected chi connectivity index (χ0v) is 7.78. The summed E-state index contributed by atoms with van der Waals surface area (Å²) in [6.45, 7) is 2.48. The van der Waals surface area contributed by atoms with E-state index in [1.807, 2.05) is 6.92 Å². The van der Waals surface area contributed by atoms with Gasteiger partial charge < -0.3 is 10.1 Å². The summed E-state index contributed by atoms with van der Waals surface area (Å²) < 4.78 is 6.56. The summed E-state index contributed by atoms with van der Waals surface area (Å²) in [5, 5.41) is 6.56. The van der Waals surface area contributed by atoms with Crippen LogP contribution < -0.4 is 5.32 Å². The maximum Gasteiger partial charge on any atom is 0.250 e. The maximum atomic E-state index is 11.1. The van der Waals surface area contributed by atoms with Crippen LogP contribution in [0.5, 0.6) is 0 Å². The standard InChI is InChI=1S/C8H13N3O2/c1-3-13-6-8(12)10-7-4-9-11(2)5-7/h4-5H,3,6H2,1-2H3,(H,10,12). The van der Waals surface area contributed by atoms with Gasteiger partial charge in [-0.3, -0.25) is 9.48 Å². The fourth-order valence-corrected chi connectivity index (χ4v) is 0.878. The van der Waals surface area contributed by atoms with E-state index in [4.69, 9.17) is 4.74 Å². The van der Waals surface area contributed by atoms with E-state index in [1.54, 1.807) is 24.1 Å². The number of aromatic nitrogens is 2. The van der Waals surface area contributed by atoms with Gasteiger partial charge >= 0.3 is 0 Å². The van der Waals surface area contributed by atoms with Crippen molar-refractivity contribution in [1.29, 1.82) is 0 Å². The molecule has 1 rings (SSSR count). The van der Waals surface area contributed by atoms with Gasteiger partial charge in [0.15, 0.2) is 0 Å². The highest BCUT2D eigenvalue weighted by molar-refractivity contribution is 5.91. The molecule has 0 aliphatic heterocycles. The van der Waals surface area contributed by atoms with Gasteiger partial charge in [0, 0.05) is 19.9 Å². The molecule has 0 spiro atoms. The number of nitrogens with zero attached hydrogens (tertiary/aromatic N) is 2. The molecule has 1 aromatic rings. The molecule has 0 bridgehead atoms. The van der Waals surface area contributed by atoms with Gasteiger partial charge in [0.2, 0.25) is 5.91 Å². The molecule has 5 nitrogen and oxygen atoms in total. The predicted octanol–water partition coefficient (Wildman–Crippen LogP) is 0.395. The van der Waals surface area contributed by atoms with Crippen LogP contribution >= 0.6 is 0 Å². The number of amides is 1. The van der Waals surface area contributed by atoms with E-state index in [0.717, 1.165) is 0 Å². The quantitative estimate of drug-likeness (QED) is 0.734. The summed E-state index contributed by atoms with van der Waals surface area (Å²) in [7, 11) is 1.79. The molecule has 0 radical (unpaired) electrons. The molecule has 13 heavy (non-hydrogen) atoms. The summed E-state index contributed by atoms with van der Waals surface area (Å²) in [4.78, 5) is 11.1. The highest BCUT2D eigenvalue weighted by Crippen LogP contribution is 2.02. The maximum absolute atomic E-state index is 11.1. The van der Waals surface area contributed by atoms with Crippen LogP contribution in [-0.2, 0) is 16.6 Å². The van der Waals surface area contributed by atoms with Crippen LogP contribution in [0.1, 0.15) is 6.92 Å². The number of aryl methyl sites for hydroxylation is 1. The lowest BCUT2D eigenvalue weighted by Crippen LogP contribution is -2.17. The fraction of sp³-hybridized carbons (Fsp3) is 0.500. The first-order valence-electron chi connectivity index (χ1n) is 4.08. The van der Waals surface area contributed by atoms with Crippen molar-refractivity contribution >= 4 is 11.6 Å². The minimum absolute atomic E-state index is 0.0887. The lowest BCUT2D eigenvalue weighted by Gasteiger charge is -2.01. The van der Waals surface area contributed by atoms with Crippen molar-refractivity contribution < 1.29 is 9.53 Å². The highest BCUT2D eigenvalue weighted by Gasteiger charge is 2.02. The average Bonchev–Trinajstić information content (AvgIpc) is 2.48. The van der Waals surface area contributed by atoms with Gasteiger partial charge in [0.05, 0.1) is 11.9 Å². The Hall–Kier alpha value is -1.36. The van der Waals surface area contributed by atoms with Crippen LogP contribution in [0.4, 0.5) is 5.69 Å². The number of hydrogen-bond acceptors (Lipinski definition) is 3. The number of nitrogens with one attached hydrogen (secondary N) is 1. The zero-order valence-electron chi connectivity index (χ0n) is 7.78. The first-order chi connectivity index (χ1) is 6.22. The molecule has 1 amide bonds. The van der Waals surface area contributed by atoms with Crippen LogP contribution in [0.15, 0.2) is 12.4 Å². The highest BCUT2D eigenvalue weighted by atomic mass is 16.5. The molecule has 72 valence electrons. The third-order valence-electron chi connectivity index (χ3n) is 1.43. The minimum Gasteiger partial charge on any atom is -0.372 e. The van der Waals surface area contributed by atoms with Crippen molar-refractivity contribution in [3.8, 4) is 0 Å². The Bertz CT molecular complexity index is 283. The van der Waals surface area contributed by atoms with Crippen LogP contribution in [-0.4, -0.2) is 28.9 Å². The van der Waals surface area contributed by atoms with E-state index in [2.05, 4.69) is 10.4 Å². The number of ether oxygens (including phenoxy) is 1. The molecular weight excluding hydrogens is 170 g/mol. The van der Waals surface area contributed by atoms with Gasteiger partial charge in [-0.25, -0.2) is 0 Å². The molecule has 0 saturated carbocycles. The summed E-state index contributed by atoms with van der Waals surface area (Å²) in [5.74, 6) is -0.158. The second kappa shape index (κ2) is 4.61. The molecule has 0 atom stereocenters. The van der Waals surface area contributed by atoms with Gasteiger partial charge in [-0.05, 0) is 6.92 Å². The van der Waals surface area contributed by atoms with Gasteiger partial charge in [-0.15, -0.1) is 0 Å². The van der Waals surface area contributed by atoms with Crippen molar-refractivity contribution in [2.45, 2.75) is 6.92 Å². The number of anilines is 1. The summed E-state index contributed by atoms with van der Waals surface area (Å²) in [6.07, 6.45) is 3.31. The summed E-state index contributed by atoms with van der Waals surface area (Å²) in [6, 6.07) is 0. The van der Waals surface area contributed by atoms with Crippen molar-refractivity contribution in [3.63, 3.8) is 0 Å². The van der Waals surface area contributed by atoms with E-state index in [-0.39, 0.29) is 12.5 Å². The SMILES string of the molecule is CCOCC(=O)Nc1cnn(C)c1. The molecule has 0 saturated heterocycles. The van der Waals surface area contributed by atoms with E-state index < -0.39 is 0 Å². The summed E-state index contributed by atoms with van der Waals surface area (Å²) >= 11 is 0. The first-order valence-corrected chi connectivity index (χ1v) is 4.08. The predicted molar refractivity (Wildman–Crippen MR) is 48.3 cm³/mol. The molecule has 0 aromatic carbocycles. The monoisotopic (exact) mass is 183 g/mol. The largest absolute Gasteiger partial charge is 0.372 e. The van der Waals surface area contributed by atoms with Crippen molar-refractivity contribution in [2.75, 3.05) is 18.5 Å². The molecule has 1 heterocycles. The Kier molecular flexibility index (Phi) is 3.45. The second-order valence-corrected chi connectivity index (χ2v) is 2.59. The number of carbonyl (C=O) groups is 1. The van der Waals surface area contributed by atoms with E-state index in [0.29, 0.717) is 12.3 Å². The van der Waals surface area contributed by atoms with Crippen LogP contribution in [0.2, 0.25) is 0 Å². The molecule has 0 aliphatic carbocycles. The molecule has 0 fully saturated rings. The van der Waals surface area contributed by atoms with Crippen molar-refractivity contribution in [1.82, 2.24) is 9.78 Å². The van der Waals surface area contributed by atoms with E-state index in [1.165, 1.54) is 0 Å². The molecule has 0 unspecified atom stereocenters. The zero-order chi connectivity index (χ0) is 9.68. The Morgan fingerprint density at radius 2 is 2.54 bits per heavy atom.